The lowest BCUT2D eigenvalue weighted by Gasteiger charge is -2.02. The second kappa shape index (κ2) is 5.45. The highest BCUT2D eigenvalue weighted by molar-refractivity contribution is 7.11. The molecule has 1 N–H and O–H groups in total. The summed E-state index contributed by atoms with van der Waals surface area (Å²) in [6, 6.07) is 9.44. The van der Waals surface area contributed by atoms with E-state index in [2.05, 4.69) is 4.98 Å². The molecule has 0 aliphatic heterocycles. The fraction of sp³-hybridized carbons (Fsp3) is 0.167. The van der Waals surface area contributed by atoms with Crippen molar-refractivity contribution in [1.29, 1.82) is 0 Å². The summed E-state index contributed by atoms with van der Waals surface area (Å²) in [5.41, 5.74) is 0. The van der Waals surface area contributed by atoms with Gasteiger partial charge in [0.05, 0.1) is 6.42 Å². The van der Waals surface area contributed by atoms with E-state index < -0.39 is 5.97 Å². The van der Waals surface area contributed by atoms with Gasteiger partial charge in [0, 0.05) is 11.1 Å². The maximum absolute atomic E-state index is 10.5. The SMILES string of the molecule is O=C(O)Cc1cnc(COc2ccccc2)s1. The van der Waals surface area contributed by atoms with Crippen molar-refractivity contribution < 1.29 is 14.6 Å². The molecular weight excluding hydrogens is 238 g/mol. The lowest BCUT2D eigenvalue weighted by molar-refractivity contribution is -0.136. The van der Waals surface area contributed by atoms with Gasteiger partial charge in [-0.2, -0.15) is 0 Å². The van der Waals surface area contributed by atoms with Crippen molar-refractivity contribution in [3.63, 3.8) is 0 Å². The monoisotopic (exact) mass is 249 g/mol. The van der Waals surface area contributed by atoms with Crippen LogP contribution in [-0.4, -0.2) is 16.1 Å². The van der Waals surface area contributed by atoms with Gasteiger partial charge in [-0.1, -0.05) is 18.2 Å². The number of carbonyl (C=O) groups is 1. The summed E-state index contributed by atoms with van der Waals surface area (Å²) in [7, 11) is 0. The average molecular weight is 249 g/mol. The first-order chi connectivity index (χ1) is 8.24. The zero-order valence-corrected chi connectivity index (χ0v) is 9.81. The Morgan fingerprint density at radius 1 is 1.35 bits per heavy atom. The number of para-hydroxylation sites is 1. The Labute approximate surface area is 103 Å². The Morgan fingerprint density at radius 2 is 2.12 bits per heavy atom. The lowest BCUT2D eigenvalue weighted by atomic mass is 10.3. The van der Waals surface area contributed by atoms with Crippen LogP contribution in [0.25, 0.3) is 0 Å². The molecule has 2 aromatic rings. The van der Waals surface area contributed by atoms with Crippen LogP contribution < -0.4 is 4.74 Å². The van der Waals surface area contributed by atoms with E-state index in [1.165, 1.54) is 11.3 Å². The molecule has 0 atom stereocenters. The van der Waals surface area contributed by atoms with Gasteiger partial charge in [0.25, 0.3) is 0 Å². The molecule has 1 aromatic heterocycles. The normalized spacial score (nSPS) is 10.1. The number of benzene rings is 1. The molecule has 0 unspecified atom stereocenters. The van der Waals surface area contributed by atoms with Crippen LogP contribution in [-0.2, 0) is 17.8 Å². The third kappa shape index (κ3) is 3.57. The van der Waals surface area contributed by atoms with Crippen molar-refractivity contribution >= 4 is 17.3 Å². The Morgan fingerprint density at radius 3 is 2.82 bits per heavy atom. The van der Waals surface area contributed by atoms with Crippen LogP contribution in [0.3, 0.4) is 0 Å². The fourth-order valence-electron chi connectivity index (χ4n) is 1.31. The highest BCUT2D eigenvalue weighted by atomic mass is 32.1. The predicted octanol–water partition coefficient (Wildman–Crippen LogP) is 2.35. The summed E-state index contributed by atoms with van der Waals surface area (Å²) in [5.74, 6) is -0.0633. The minimum absolute atomic E-state index is 0.0169. The summed E-state index contributed by atoms with van der Waals surface area (Å²) in [6.45, 7) is 0.369. The number of thiazole rings is 1. The number of hydrogen-bond donors (Lipinski definition) is 1. The summed E-state index contributed by atoms with van der Waals surface area (Å²) in [5, 5.41) is 9.41. The van der Waals surface area contributed by atoms with Gasteiger partial charge in [-0.05, 0) is 12.1 Å². The van der Waals surface area contributed by atoms with E-state index in [0.29, 0.717) is 6.61 Å². The molecule has 0 fully saturated rings. The Kier molecular flexibility index (Phi) is 3.72. The average Bonchev–Trinajstić information content (AvgIpc) is 2.75. The topological polar surface area (TPSA) is 59.4 Å². The minimum Gasteiger partial charge on any atom is -0.486 e. The smallest absolute Gasteiger partial charge is 0.308 e. The summed E-state index contributed by atoms with van der Waals surface area (Å²) >= 11 is 1.36. The quantitative estimate of drug-likeness (QED) is 0.883. The highest BCUT2D eigenvalue weighted by Gasteiger charge is 2.06. The highest BCUT2D eigenvalue weighted by Crippen LogP contribution is 2.16. The Hall–Kier alpha value is -1.88. The van der Waals surface area contributed by atoms with Crippen LogP contribution in [0.1, 0.15) is 9.88 Å². The van der Waals surface area contributed by atoms with Gasteiger partial charge in [0.1, 0.15) is 17.4 Å². The predicted molar refractivity (Wildman–Crippen MR) is 64.2 cm³/mol. The first-order valence-corrected chi connectivity index (χ1v) is 5.89. The molecular formula is C12H11NO3S. The minimum atomic E-state index is -0.843. The van der Waals surface area contributed by atoms with Gasteiger partial charge in [0.2, 0.25) is 0 Å². The third-order valence-corrected chi connectivity index (χ3v) is 3.00. The van der Waals surface area contributed by atoms with Crippen molar-refractivity contribution in [3.8, 4) is 5.75 Å². The molecule has 88 valence electrons. The zero-order valence-electron chi connectivity index (χ0n) is 9.00. The number of ether oxygens (including phenoxy) is 1. The molecule has 0 bridgehead atoms. The van der Waals surface area contributed by atoms with Crippen LogP contribution in [0.5, 0.6) is 5.75 Å². The van der Waals surface area contributed by atoms with Crippen molar-refractivity contribution in [1.82, 2.24) is 4.98 Å². The number of nitrogens with zero attached hydrogens (tertiary/aromatic N) is 1. The standard InChI is InChI=1S/C12H11NO3S/c14-12(15)6-10-7-13-11(17-10)8-16-9-4-2-1-3-5-9/h1-5,7H,6,8H2,(H,14,15). The number of carboxylic acid groups (broad SMARTS) is 1. The fourth-order valence-corrected chi connectivity index (χ4v) is 2.13. The number of hydrogen-bond acceptors (Lipinski definition) is 4. The van der Waals surface area contributed by atoms with Gasteiger partial charge in [-0.3, -0.25) is 4.79 Å². The lowest BCUT2D eigenvalue weighted by Crippen LogP contribution is -1.97. The van der Waals surface area contributed by atoms with Crippen LogP contribution in [0.2, 0.25) is 0 Å². The molecule has 4 nitrogen and oxygen atoms in total. The van der Waals surface area contributed by atoms with Crippen molar-refractivity contribution in [2.75, 3.05) is 0 Å². The van der Waals surface area contributed by atoms with Gasteiger partial charge < -0.3 is 9.84 Å². The number of aliphatic carboxylic acids is 1. The maximum Gasteiger partial charge on any atom is 0.308 e. The summed E-state index contributed by atoms with van der Waals surface area (Å²) in [4.78, 5) is 15.4. The van der Waals surface area contributed by atoms with Crippen LogP contribution in [0, 0.1) is 0 Å². The van der Waals surface area contributed by atoms with Crippen LogP contribution >= 0.6 is 11.3 Å². The van der Waals surface area contributed by atoms with Gasteiger partial charge in [0.15, 0.2) is 0 Å². The first-order valence-electron chi connectivity index (χ1n) is 5.07. The van der Waals surface area contributed by atoms with Gasteiger partial charge in [-0.15, -0.1) is 11.3 Å². The second-order valence-electron chi connectivity index (χ2n) is 3.39. The molecule has 0 spiro atoms. The van der Waals surface area contributed by atoms with E-state index in [4.69, 9.17) is 9.84 Å². The van der Waals surface area contributed by atoms with Gasteiger partial charge in [-0.25, -0.2) is 4.98 Å². The first kappa shape index (κ1) is 11.6. The van der Waals surface area contributed by atoms with Crippen LogP contribution in [0.4, 0.5) is 0 Å². The van der Waals surface area contributed by atoms with Gasteiger partial charge >= 0.3 is 5.97 Å². The van der Waals surface area contributed by atoms with Crippen molar-refractivity contribution in [3.05, 3.63) is 46.4 Å². The largest absolute Gasteiger partial charge is 0.486 e. The summed E-state index contributed by atoms with van der Waals surface area (Å²) < 4.78 is 5.51. The van der Waals surface area contributed by atoms with E-state index in [-0.39, 0.29) is 6.42 Å². The number of aromatic nitrogens is 1. The number of rotatable bonds is 5. The molecule has 0 radical (unpaired) electrons. The van der Waals surface area contributed by atoms with E-state index in [0.717, 1.165) is 15.6 Å². The molecule has 1 heterocycles. The molecule has 2 rings (SSSR count). The molecule has 0 aliphatic rings. The van der Waals surface area contributed by atoms with Crippen LogP contribution in [0.15, 0.2) is 36.5 Å². The molecule has 0 saturated carbocycles. The van der Waals surface area contributed by atoms with E-state index >= 15 is 0 Å². The van der Waals surface area contributed by atoms with E-state index in [1.54, 1.807) is 6.20 Å². The number of carboxylic acids is 1. The van der Waals surface area contributed by atoms with E-state index in [9.17, 15) is 4.79 Å². The summed E-state index contributed by atoms with van der Waals surface area (Å²) in [6.07, 6.45) is 1.60. The molecule has 1 aromatic carbocycles. The molecule has 0 amide bonds. The molecule has 0 saturated heterocycles. The molecule has 17 heavy (non-hydrogen) atoms. The van der Waals surface area contributed by atoms with Crippen molar-refractivity contribution in [2.45, 2.75) is 13.0 Å². The Balaban J connectivity index is 1.91. The third-order valence-electron chi connectivity index (χ3n) is 2.03. The zero-order chi connectivity index (χ0) is 12.1. The van der Waals surface area contributed by atoms with Crippen molar-refractivity contribution in [2.24, 2.45) is 0 Å². The maximum atomic E-state index is 10.5. The Bertz CT molecular complexity index is 495. The molecule has 5 heteroatoms. The van der Waals surface area contributed by atoms with E-state index in [1.807, 2.05) is 30.3 Å². The molecule has 0 aliphatic carbocycles. The second-order valence-corrected chi connectivity index (χ2v) is 4.59.